The number of hydrogen-bond acceptors (Lipinski definition) is 0. The van der Waals surface area contributed by atoms with Crippen molar-refractivity contribution in [1.82, 2.24) is 0 Å². The zero-order valence-corrected chi connectivity index (χ0v) is 11.7. The Kier molecular flexibility index (Phi) is 3.09. The number of allylic oxidation sites excluding steroid dienone is 2. The Hall–Kier alpha value is -0.260. The van der Waals surface area contributed by atoms with E-state index in [4.69, 9.17) is 0 Å². The van der Waals surface area contributed by atoms with Crippen LogP contribution in [0.5, 0.6) is 0 Å². The van der Waals surface area contributed by atoms with Gasteiger partial charge in [0.1, 0.15) is 0 Å². The molecule has 0 aromatic heterocycles. The maximum Gasteiger partial charge on any atom is -0.0116 e. The summed E-state index contributed by atoms with van der Waals surface area (Å²) in [6, 6.07) is 0. The van der Waals surface area contributed by atoms with Gasteiger partial charge in [-0.25, -0.2) is 0 Å². The molecule has 0 amide bonds. The van der Waals surface area contributed by atoms with E-state index in [9.17, 15) is 0 Å². The molecule has 0 aromatic rings. The van der Waals surface area contributed by atoms with E-state index in [0.29, 0.717) is 5.41 Å². The fraction of sp³-hybridized carbons (Fsp3) is 0.882. The Morgan fingerprint density at radius 1 is 1.00 bits per heavy atom. The molecule has 0 N–H and O–H groups in total. The standard InChI is InChI=1S/C17H28/c1-17(2)15-8-5-9-16(17)12-14-7-4-3-6-13(14)10-11-15/h8,13-14,16H,3-7,9-12H2,1-2H3. The smallest absolute Gasteiger partial charge is 0.0116 e. The van der Waals surface area contributed by atoms with Crippen molar-refractivity contribution < 1.29 is 0 Å². The van der Waals surface area contributed by atoms with Crippen LogP contribution in [0.2, 0.25) is 0 Å². The molecular formula is C17H28. The predicted octanol–water partition coefficient (Wildman–Crippen LogP) is 5.34. The van der Waals surface area contributed by atoms with Gasteiger partial charge in [-0.05, 0) is 55.3 Å². The molecule has 0 spiro atoms. The van der Waals surface area contributed by atoms with Crippen LogP contribution in [0.25, 0.3) is 0 Å². The SMILES string of the molecule is CC1(C)C2=CCCC1CC1CCCCC1CC2. The van der Waals surface area contributed by atoms with E-state index in [2.05, 4.69) is 19.9 Å². The van der Waals surface area contributed by atoms with Crippen LogP contribution < -0.4 is 0 Å². The lowest BCUT2D eigenvalue weighted by molar-refractivity contribution is 0.106. The van der Waals surface area contributed by atoms with Gasteiger partial charge in [0.15, 0.2) is 0 Å². The van der Waals surface area contributed by atoms with E-state index in [1.807, 2.05) is 0 Å². The van der Waals surface area contributed by atoms with Crippen molar-refractivity contribution in [1.29, 1.82) is 0 Å². The third kappa shape index (κ3) is 2.09. The Bertz CT molecular complexity index is 310. The van der Waals surface area contributed by atoms with Gasteiger partial charge in [-0.15, -0.1) is 0 Å². The van der Waals surface area contributed by atoms with E-state index in [1.165, 1.54) is 57.8 Å². The van der Waals surface area contributed by atoms with Crippen LogP contribution in [0, 0.1) is 23.2 Å². The van der Waals surface area contributed by atoms with Gasteiger partial charge in [-0.2, -0.15) is 0 Å². The largest absolute Gasteiger partial charge is 0.0848 e. The second-order valence-electron chi connectivity index (χ2n) is 7.30. The fourth-order valence-corrected chi connectivity index (χ4v) is 4.86. The van der Waals surface area contributed by atoms with Gasteiger partial charge < -0.3 is 0 Å². The number of hydrogen-bond donors (Lipinski definition) is 0. The predicted molar refractivity (Wildman–Crippen MR) is 73.9 cm³/mol. The maximum absolute atomic E-state index is 2.58. The van der Waals surface area contributed by atoms with E-state index < -0.39 is 0 Å². The van der Waals surface area contributed by atoms with Crippen molar-refractivity contribution in [2.45, 2.75) is 71.6 Å². The van der Waals surface area contributed by atoms with Gasteiger partial charge in [0.25, 0.3) is 0 Å². The van der Waals surface area contributed by atoms with Crippen molar-refractivity contribution in [3.63, 3.8) is 0 Å². The molecule has 0 nitrogen and oxygen atoms in total. The molecule has 0 heterocycles. The first-order valence-electron chi connectivity index (χ1n) is 7.87. The van der Waals surface area contributed by atoms with Crippen molar-refractivity contribution >= 4 is 0 Å². The second-order valence-corrected chi connectivity index (χ2v) is 7.30. The topological polar surface area (TPSA) is 0 Å². The normalized spacial score (nSPS) is 40.8. The molecule has 2 bridgehead atoms. The minimum Gasteiger partial charge on any atom is -0.0848 e. The molecule has 3 aliphatic rings. The highest BCUT2D eigenvalue weighted by atomic mass is 14.4. The summed E-state index contributed by atoms with van der Waals surface area (Å²) in [5.74, 6) is 3.13. The lowest BCUT2D eigenvalue weighted by Crippen LogP contribution is -2.36. The molecule has 0 aliphatic heterocycles. The molecule has 3 rings (SSSR count). The summed E-state index contributed by atoms with van der Waals surface area (Å²) in [4.78, 5) is 0. The van der Waals surface area contributed by atoms with Crippen LogP contribution in [0.3, 0.4) is 0 Å². The van der Waals surface area contributed by atoms with Crippen LogP contribution in [0.15, 0.2) is 11.6 Å². The van der Waals surface area contributed by atoms with Crippen LogP contribution in [-0.2, 0) is 0 Å². The first-order chi connectivity index (χ1) is 8.18. The lowest BCUT2D eigenvalue weighted by Gasteiger charge is -2.47. The van der Waals surface area contributed by atoms with Gasteiger partial charge in [0, 0.05) is 0 Å². The average Bonchev–Trinajstić information content (AvgIpc) is 2.32. The van der Waals surface area contributed by atoms with Crippen LogP contribution >= 0.6 is 0 Å². The highest BCUT2D eigenvalue weighted by Gasteiger charge is 2.40. The van der Waals surface area contributed by atoms with Crippen LogP contribution in [0.1, 0.15) is 71.6 Å². The highest BCUT2D eigenvalue weighted by Crippen LogP contribution is 2.52. The van der Waals surface area contributed by atoms with E-state index >= 15 is 0 Å². The van der Waals surface area contributed by atoms with Crippen molar-refractivity contribution in [3.8, 4) is 0 Å². The van der Waals surface area contributed by atoms with Crippen molar-refractivity contribution in [3.05, 3.63) is 11.6 Å². The maximum atomic E-state index is 2.58. The van der Waals surface area contributed by atoms with E-state index in [-0.39, 0.29) is 0 Å². The van der Waals surface area contributed by atoms with E-state index in [0.717, 1.165) is 17.8 Å². The summed E-state index contributed by atoms with van der Waals surface area (Å²) >= 11 is 0. The molecule has 0 heteroatoms. The zero-order chi connectivity index (χ0) is 11.9. The summed E-state index contributed by atoms with van der Waals surface area (Å²) in [6.45, 7) is 5.04. The Labute approximate surface area is 107 Å². The Balaban J connectivity index is 1.85. The summed E-state index contributed by atoms with van der Waals surface area (Å²) in [6.07, 6.45) is 15.9. The molecule has 0 radical (unpaired) electrons. The molecule has 17 heavy (non-hydrogen) atoms. The molecule has 0 aromatic carbocycles. The lowest BCUT2D eigenvalue weighted by atomic mass is 9.59. The van der Waals surface area contributed by atoms with E-state index in [1.54, 1.807) is 5.57 Å². The van der Waals surface area contributed by atoms with Crippen LogP contribution in [-0.4, -0.2) is 0 Å². The third-order valence-electron chi connectivity index (χ3n) is 6.19. The molecule has 2 fully saturated rings. The minimum absolute atomic E-state index is 0.515. The first-order valence-corrected chi connectivity index (χ1v) is 7.87. The monoisotopic (exact) mass is 232 g/mol. The zero-order valence-electron chi connectivity index (χ0n) is 11.7. The van der Waals surface area contributed by atoms with Gasteiger partial charge in [0.2, 0.25) is 0 Å². The van der Waals surface area contributed by atoms with Gasteiger partial charge in [0.05, 0.1) is 0 Å². The second kappa shape index (κ2) is 4.44. The molecule has 2 saturated carbocycles. The van der Waals surface area contributed by atoms with Crippen molar-refractivity contribution in [2.24, 2.45) is 23.2 Å². The average molecular weight is 232 g/mol. The summed E-state index contributed by atoms with van der Waals surface area (Å²) < 4.78 is 0. The van der Waals surface area contributed by atoms with Gasteiger partial charge >= 0.3 is 0 Å². The Morgan fingerprint density at radius 2 is 1.76 bits per heavy atom. The Morgan fingerprint density at radius 3 is 2.59 bits per heavy atom. The van der Waals surface area contributed by atoms with Gasteiger partial charge in [-0.3, -0.25) is 0 Å². The quantitative estimate of drug-likeness (QED) is 0.495. The molecule has 3 unspecified atom stereocenters. The highest BCUT2D eigenvalue weighted by molar-refractivity contribution is 5.18. The molecule has 3 aliphatic carbocycles. The van der Waals surface area contributed by atoms with Crippen LogP contribution in [0.4, 0.5) is 0 Å². The molecule has 3 atom stereocenters. The summed E-state index contributed by atoms with van der Waals surface area (Å²) in [7, 11) is 0. The van der Waals surface area contributed by atoms with Crippen molar-refractivity contribution in [2.75, 3.05) is 0 Å². The molecular weight excluding hydrogens is 204 g/mol. The minimum atomic E-state index is 0.515. The number of rotatable bonds is 0. The third-order valence-corrected chi connectivity index (χ3v) is 6.19. The molecule has 0 saturated heterocycles. The number of fused-ring (bicyclic) bond motifs is 3. The van der Waals surface area contributed by atoms with Gasteiger partial charge in [-0.1, -0.05) is 51.2 Å². The first kappa shape index (κ1) is 11.8. The molecule has 96 valence electrons. The summed E-state index contributed by atoms with van der Waals surface area (Å²) in [5.41, 5.74) is 2.32. The fourth-order valence-electron chi connectivity index (χ4n) is 4.86. The summed E-state index contributed by atoms with van der Waals surface area (Å²) in [5, 5.41) is 0.